The molecule has 24 heavy (non-hydrogen) atoms. The van der Waals surface area contributed by atoms with Gasteiger partial charge in [0.1, 0.15) is 5.69 Å². The molecule has 0 bridgehead atoms. The molecule has 2 amide bonds. The normalized spacial score (nSPS) is 15.6. The van der Waals surface area contributed by atoms with Crippen LogP contribution in [-0.2, 0) is 18.0 Å². The van der Waals surface area contributed by atoms with Gasteiger partial charge in [-0.15, -0.1) is 0 Å². The summed E-state index contributed by atoms with van der Waals surface area (Å²) in [5.74, 6) is -0.573. The van der Waals surface area contributed by atoms with Gasteiger partial charge in [0.15, 0.2) is 5.69 Å². The summed E-state index contributed by atoms with van der Waals surface area (Å²) in [7, 11) is 1.28. The van der Waals surface area contributed by atoms with Crippen molar-refractivity contribution in [1.82, 2.24) is 19.6 Å². The Labute approximate surface area is 144 Å². The minimum atomic E-state index is -4.66. The predicted octanol–water partition coefficient (Wildman–Crippen LogP) is 2.12. The van der Waals surface area contributed by atoms with Crippen LogP contribution in [0.5, 0.6) is 0 Å². The lowest BCUT2D eigenvalue weighted by Crippen LogP contribution is -2.51. The van der Waals surface area contributed by atoms with Gasteiger partial charge in [0.2, 0.25) is 0 Å². The van der Waals surface area contributed by atoms with Gasteiger partial charge in [-0.05, 0) is 22.9 Å². The van der Waals surface area contributed by atoms with Crippen molar-refractivity contribution in [3.05, 3.63) is 15.9 Å². The molecule has 0 aromatic carbocycles. The van der Waals surface area contributed by atoms with Gasteiger partial charge in [-0.3, -0.25) is 9.48 Å². The second-order valence-corrected chi connectivity index (χ2v) is 5.90. The topological polar surface area (TPSA) is 67.7 Å². The number of alkyl halides is 3. The highest BCUT2D eigenvalue weighted by atomic mass is 79.9. The number of nitrogens with zero attached hydrogens (tertiary/aromatic N) is 4. The molecule has 134 valence electrons. The van der Waals surface area contributed by atoms with Crippen molar-refractivity contribution < 1.29 is 27.5 Å². The van der Waals surface area contributed by atoms with Crippen molar-refractivity contribution in [2.24, 2.45) is 7.05 Å². The summed E-state index contributed by atoms with van der Waals surface area (Å²) in [6, 6.07) is 0. The summed E-state index contributed by atoms with van der Waals surface area (Å²) in [6.07, 6.45) is -5.12. The van der Waals surface area contributed by atoms with Crippen molar-refractivity contribution in [3.63, 3.8) is 0 Å². The number of piperazine rings is 1. The zero-order valence-electron chi connectivity index (χ0n) is 13.1. The average Bonchev–Trinajstić information content (AvgIpc) is 2.82. The summed E-state index contributed by atoms with van der Waals surface area (Å²) < 4.78 is 44.0. The number of hydrogen-bond acceptors (Lipinski definition) is 4. The number of amides is 2. The quantitative estimate of drug-likeness (QED) is 0.745. The third kappa shape index (κ3) is 3.65. The van der Waals surface area contributed by atoms with E-state index in [9.17, 15) is 22.8 Å². The second kappa shape index (κ2) is 6.99. The molecule has 1 aromatic rings. The molecule has 7 nitrogen and oxygen atoms in total. The average molecular weight is 413 g/mol. The Morgan fingerprint density at radius 3 is 2.21 bits per heavy atom. The number of ether oxygens (including phenoxy) is 1. The maximum absolute atomic E-state index is 12.9. The molecule has 0 spiro atoms. The van der Waals surface area contributed by atoms with Crippen molar-refractivity contribution in [3.8, 4) is 0 Å². The fourth-order valence-corrected chi connectivity index (χ4v) is 3.10. The maximum atomic E-state index is 12.9. The molecule has 0 aliphatic carbocycles. The molecule has 0 radical (unpaired) electrons. The van der Waals surface area contributed by atoms with Crippen molar-refractivity contribution in [2.75, 3.05) is 32.8 Å². The van der Waals surface area contributed by atoms with E-state index in [-0.39, 0.29) is 43.0 Å². The number of carbonyl (C=O) groups is 2. The fraction of sp³-hybridized carbons (Fsp3) is 0.615. The van der Waals surface area contributed by atoms with E-state index in [1.807, 2.05) is 0 Å². The lowest BCUT2D eigenvalue weighted by Gasteiger charge is -2.34. The third-order valence-electron chi connectivity index (χ3n) is 3.55. The van der Waals surface area contributed by atoms with Gasteiger partial charge >= 0.3 is 12.3 Å². The molecular weight excluding hydrogens is 397 g/mol. The van der Waals surface area contributed by atoms with Crippen LogP contribution < -0.4 is 0 Å². The van der Waals surface area contributed by atoms with E-state index in [4.69, 9.17) is 4.74 Å². The van der Waals surface area contributed by atoms with Gasteiger partial charge < -0.3 is 14.5 Å². The van der Waals surface area contributed by atoms with Crippen LogP contribution in [-0.4, -0.2) is 64.4 Å². The van der Waals surface area contributed by atoms with E-state index >= 15 is 0 Å². The predicted molar refractivity (Wildman–Crippen MR) is 80.4 cm³/mol. The Balaban J connectivity index is 2.12. The first-order valence-corrected chi connectivity index (χ1v) is 7.96. The standard InChI is InChI=1S/C13H16BrF3N4O3/c1-3-24-12(23)21-6-4-20(5-7-21)11(22)9-8(14)10(13(15,16)17)18-19(9)2/h3-7H2,1-2H3. The first-order chi connectivity index (χ1) is 11.2. The Kier molecular flexibility index (Phi) is 5.41. The number of rotatable bonds is 2. The number of aromatic nitrogens is 2. The van der Waals surface area contributed by atoms with Crippen molar-refractivity contribution >= 4 is 27.9 Å². The molecule has 0 N–H and O–H groups in total. The second-order valence-electron chi connectivity index (χ2n) is 5.11. The molecule has 0 unspecified atom stereocenters. The monoisotopic (exact) mass is 412 g/mol. The van der Waals surface area contributed by atoms with Crippen molar-refractivity contribution in [2.45, 2.75) is 13.1 Å². The molecule has 1 aromatic heterocycles. The van der Waals surface area contributed by atoms with Crippen molar-refractivity contribution in [1.29, 1.82) is 0 Å². The minimum Gasteiger partial charge on any atom is -0.450 e. The minimum absolute atomic E-state index is 0.174. The molecule has 1 saturated heterocycles. The van der Waals surface area contributed by atoms with Crippen LogP contribution in [0.15, 0.2) is 4.47 Å². The first kappa shape index (κ1) is 18.6. The third-order valence-corrected chi connectivity index (χ3v) is 4.30. The van der Waals surface area contributed by atoms with Crippen LogP contribution in [0, 0.1) is 0 Å². The summed E-state index contributed by atoms with van der Waals surface area (Å²) in [6.45, 7) is 2.86. The van der Waals surface area contributed by atoms with E-state index in [1.165, 1.54) is 16.8 Å². The van der Waals surface area contributed by atoms with E-state index < -0.39 is 23.9 Å². The van der Waals surface area contributed by atoms with Gasteiger partial charge in [0.05, 0.1) is 11.1 Å². The Hall–Kier alpha value is -1.78. The summed E-state index contributed by atoms with van der Waals surface area (Å²) in [5.41, 5.74) is -1.31. The number of halogens is 4. The fourth-order valence-electron chi connectivity index (χ4n) is 2.37. The SMILES string of the molecule is CCOC(=O)N1CCN(C(=O)c2c(Br)c(C(F)(F)F)nn2C)CC1. The van der Waals surface area contributed by atoms with Gasteiger partial charge in [-0.2, -0.15) is 18.3 Å². The van der Waals surface area contributed by atoms with E-state index in [2.05, 4.69) is 21.0 Å². The van der Waals surface area contributed by atoms with Crippen LogP contribution in [0.25, 0.3) is 0 Å². The lowest BCUT2D eigenvalue weighted by molar-refractivity contribution is -0.142. The maximum Gasteiger partial charge on any atom is 0.436 e. The smallest absolute Gasteiger partial charge is 0.436 e. The Bertz CT molecular complexity index is 639. The number of carbonyl (C=O) groups excluding carboxylic acids is 2. The van der Waals surface area contributed by atoms with Crippen LogP contribution >= 0.6 is 15.9 Å². The van der Waals surface area contributed by atoms with Crippen LogP contribution in [0.1, 0.15) is 23.1 Å². The summed E-state index contributed by atoms with van der Waals surface area (Å²) >= 11 is 2.83. The Morgan fingerprint density at radius 2 is 1.75 bits per heavy atom. The van der Waals surface area contributed by atoms with Gasteiger partial charge in [0, 0.05) is 33.2 Å². The van der Waals surface area contributed by atoms with E-state index in [1.54, 1.807) is 6.92 Å². The zero-order valence-corrected chi connectivity index (χ0v) is 14.6. The highest BCUT2D eigenvalue weighted by Crippen LogP contribution is 2.36. The molecule has 0 saturated carbocycles. The molecule has 1 aliphatic heterocycles. The molecule has 2 rings (SSSR count). The van der Waals surface area contributed by atoms with E-state index in [0.29, 0.717) is 0 Å². The van der Waals surface area contributed by atoms with Gasteiger partial charge in [-0.25, -0.2) is 4.79 Å². The lowest BCUT2D eigenvalue weighted by atomic mass is 10.2. The van der Waals surface area contributed by atoms with Gasteiger partial charge in [-0.1, -0.05) is 0 Å². The molecule has 1 aliphatic rings. The summed E-state index contributed by atoms with van der Waals surface area (Å²) in [5, 5.41) is 3.38. The van der Waals surface area contributed by atoms with Crippen LogP contribution in [0.3, 0.4) is 0 Å². The highest BCUT2D eigenvalue weighted by molar-refractivity contribution is 9.10. The molecule has 1 fully saturated rings. The molecular formula is C13H16BrF3N4O3. The number of aryl methyl sites for hydroxylation is 1. The molecule has 0 atom stereocenters. The molecule has 2 heterocycles. The number of hydrogen-bond donors (Lipinski definition) is 0. The highest BCUT2D eigenvalue weighted by Gasteiger charge is 2.40. The van der Waals surface area contributed by atoms with Gasteiger partial charge in [0.25, 0.3) is 5.91 Å². The van der Waals surface area contributed by atoms with Crippen LogP contribution in [0.2, 0.25) is 0 Å². The Morgan fingerprint density at radius 1 is 1.21 bits per heavy atom. The van der Waals surface area contributed by atoms with Crippen LogP contribution in [0.4, 0.5) is 18.0 Å². The molecule has 11 heteroatoms. The van der Waals surface area contributed by atoms with E-state index in [0.717, 1.165) is 4.68 Å². The first-order valence-electron chi connectivity index (χ1n) is 7.17. The summed E-state index contributed by atoms with van der Waals surface area (Å²) in [4.78, 5) is 27.0. The largest absolute Gasteiger partial charge is 0.450 e. The zero-order chi connectivity index (χ0) is 18.1.